The first kappa shape index (κ1) is 25.0. The largest absolute Gasteiger partial charge is 0.494 e. The number of ether oxygens (including phenoxy) is 2. The van der Waals surface area contributed by atoms with Gasteiger partial charge in [-0.2, -0.15) is 5.10 Å². The molecule has 0 radical (unpaired) electrons. The zero-order valence-electron chi connectivity index (χ0n) is 19.4. The summed E-state index contributed by atoms with van der Waals surface area (Å²) in [6, 6.07) is 20.9. The second-order valence-electron chi connectivity index (χ2n) is 7.39. The first-order chi connectivity index (χ1) is 16.9. The molecule has 35 heavy (non-hydrogen) atoms. The highest BCUT2D eigenvalue weighted by atomic mass is 16.5. The topological polar surface area (TPSA) is 118 Å². The van der Waals surface area contributed by atoms with Crippen LogP contribution in [0.2, 0.25) is 0 Å². The monoisotopic (exact) mass is 474 g/mol. The number of hydrogen-bond acceptors (Lipinski definition) is 6. The third-order valence-electron chi connectivity index (χ3n) is 4.54. The van der Waals surface area contributed by atoms with Crippen LogP contribution in [-0.2, 0) is 14.4 Å². The van der Waals surface area contributed by atoms with Crippen LogP contribution < -0.4 is 25.5 Å². The fourth-order valence-corrected chi connectivity index (χ4v) is 2.96. The normalized spacial score (nSPS) is 10.5. The van der Waals surface area contributed by atoms with Crippen molar-refractivity contribution < 1.29 is 23.9 Å². The zero-order valence-corrected chi connectivity index (χ0v) is 19.4. The lowest BCUT2D eigenvalue weighted by Gasteiger charge is -2.09. The average Bonchev–Trinajstić information content (AvgIpc) is 2.84. The molecule has 9 heteroatoms. The maximum Gasteiger partial charge on any atom is 0.329 e. The molecule has 0 saturated heterocycles. The molecular formula is C26H26N4O5. The van der Waals surface area contributed by atoms with Gasteiger partial charge in [0.2, 0.25) is 0 Å². The molecule has 0 fully saturated rings. The second kappa shape index (κ2) is 12.5. The number of aryl methyl sites for hydroxylation is 1. The Morgan fingerprint density at radius 2 is 1.60 bits per heavy atom. The SMILES string of the molecule is CCOc1ccc(NC(=O)COc2cccc(/C=N\NC(=O)C(=O)Nc3cccc(C)c3)c2)cc1. The van der Waals surface area contributed by atoms with Crippen LogP contribution in [0, 0.1) is 6.92 Å². The molecule has 0 atom stereocenters. The number of benzene rings is 3. The Hall–Kier alpha value is -4.66. The Morgan fingerprint density at radius 3 is 2.34 bits per heavy atom. The average molecular weight is 475 g/mol. The zero-order chi connectivity index (χ0) is 25.0. The van der Waals surface area contributed by atoms with Gasteiger partial charge >= 0.3 is 11.8 Å². The quantitative estimate of drug-likeness (QED) is 0.249. The predicted octanol–water partition coefficient (Wildman–Crippen LogP) is 3.50. The van der Waals surface area contributed by atoms with Gasteiger partial charge in [-0.05, 0) is 73.5 Å². The van der Waals surface area contributed by atoms with E-state index in [-0.39, 0.29) is 12.5 Å². The van der Waals surface area contributed by atoms with Crippen molar-refractivity contribution in [2.45, 2.75) is 13.8 Å². The molecule has 0 aliphatic carbocycles. The summed E-state index contributed by atoms with van der Waals surface area (Å²) in [6.45, 7) is 4.16. The predicted molar refractivity (Wildman–Crippen MR) is 134 cm³/mol. The Morgan fingerprint density at radius 1 is 0.829 bits per heavy atom. The fourth-order valence-electron chi connectivity index (χ4n) is 2.96. The van der Waals surface area contributed by atoms with Gasteiger partial charge in [0.05, 0.1) is 12.8 Å². The molecule has 0 saturated carbocycles. The number of hydrazone groups is 1. The smallest absolute Gasteiger partial charge is 0.329 e. The van der Waals surface area contributed by atoms with Crippen molar-refractivity contribution in [2.75, 3.05) is 23.8 Å². The van der Waals surface area contributed by atoms with Gasteiger partial charge in [-0.3, -0.25) is 14.4 Å². The van der Waals surface area contributed by atoms with E-state index in [0.29, 0.717) is 29.3 Å². The molecule has 3 rings (SSSR count). The number of nitrogens with zero attached hydrogens (tertiary/aromatic N) is 1. The molecule has 0 aliphatic heterocycles. The van der Waals surface area contributed by atoms with Crippen molar-refractivity contribution >= 4 is 35.3 Å². The van der Waals surface area contributed by atoms with Gasteiger partial charge in [-0.15, -0.1) is 0 Å². The summed E-state index contributed by atoms with van der Waals surface area (Å²) in [5.41, 5.74) is 4.89. The lowest BCUT2D eigenvalue weighted by molar-refractivity contribution is -0.136. The minimum absolute atomic E-state index is 0.191. The van der Waals surface area contributed by atoms with Crippen molar-refractivity contribution in [3.05, 3.63) is 83.9 Å². The van der Waals surface area contributed by atoms with Gasteiger partial charge in [-0.1, -0.05) is 24.3 Å². The molecule has 3 N–H and O–H groups in total. The van der Waals surface area contributed by atoms with Gasteiger partial charge in [0.1, 0.15) is 11.5 Å². The minimum Gasteiger partial charge on any atom is -0.494 e. The van der Waals surface area contributed by atoms with Crippen LogP contribution in [0.15, 0.2) is 77.9 Å². The maximum atomic E-state index is 12.2. The van der Waals surface area contributed by atoms with Crippen LogP contribution in [0.1, 0.15) is 18.1 Å². The summed E-state index contributed by atoms with van der Waals surface area (Å²) in [5.74, 6) is -0.882. The molecule has 0 spiro atoms. The first-order valence-corrected chi connectivity index (χ1v) is 10.9. The summed E-state index contributed by atoms with van der Waals surface area (Å²) in [5, 5.41) is 9.05. The molecule has 9 nitrogen and oxygen atoms in total. The maximum absolute atomic E-state index is 12.2. The third kappa shape index (κ3) is 8.32. The van der Waals surface area contributed by atoms with Crippen molar-refractivity contribution in [1.82, 2.24) is 5.43 Å². The molecule has 3 aromatic carbocycles. The van der Waals surface area contributed by atoms with E-state index >= 15 is 0 Å². The van der Waals surface area contributed by atoms with Gasteiger partial charge in [-0.25, -0.2) is 5.43 Å². The van der Waals surface area contributed by atoms with Crippen LogP contribution in [0.3, 0.4) is 0 Å². The van der Waals surface area contributed by atoms with Gasteiger partial charge in [0.15, 0.2) is 6.61 Å². The Labute approximate surface area is 203 Å². The van der Waals surface area contributed by atoms with Crippen molar-refractivity contribution in [3.8, 4) is 11.5 Å². The highest BCUT2D eigenvalue weighted by molar-refractivity contribution is 6.39. The van der Waals surface area contributed by atoms with E-state index in [1.165, 1.54) is 6.21 Å². The third-order valence-corrected chi connectivity index (χ3v) is 4.54. The molecule has 0 aliphatic rings. The van der Waals surface area contributed by atoms with E-state index < -0.39 is 11.8 Å². The van der Waals surface area contributed by atoms with Gasteiger partial charge in [0.25, 0.3) is 5.91 Å². The standard InChI is InChI=1S/C26H26N4O5/c1-3-34-22-12-10-20(11-13-22)28-24(31)17-35-23-9-5-7-19(15-23)16-27-30-26(33)25(32)29-21-8-4-6-18(2)14-21/h4-16H,3,17H2,1-2H3,(H,28,31)(H,29,32)(H,30,33)/b27-16-. The second-order valence-corrected chi connectivity index (χ2v) is 7.39. The number of carbonyl (C=O) groups excluding carboxylic acids is 3. The van der Waals surface area contributed by atoms with Crippen molar-refractivity contribution in [1.29, 1.82) is 0 Å². The summed E-state index contributed by atoms with van der Waals surface area (Å²) in [7, 11) is 0. The lowest BCUT2D eigenvalue weighted by atomic mass is 10.2. The van der Waals surface area contributed by atoms with Gasteiger partial charge < -0.3 is 20.1 Å². The summed E-state index contributed by atoms with van der Waals surface area (Å²) in [4.78, 5) is 36.1. The number of rotatable bonds is 9. The van der Waals surface area contributed by atoms with E-state index in [9.17, 15) is 14.4 Å². The fraction of sp³-hybridized carbons (Fsp3) is 0.154. The number of amides is 3. The summed E-state index contributed by atoms with van der Waals surface area (Å²) < 4.78 is 10.9. The lowest BCUT2D eigenvalue weighted by Crippen LogP contribution is -2.32. The molecule has 3 amide bonds. The molecule has 0 heterocycles. The van der Waals surface area contributed by atoms with E-state index in [0.717, 1.165) is 11.3 Å². The van der Waals surface area contributed by atoms with E-state index in [1.54, 1.807) is 66.7 Å². The Balaban J connectivity index is 1.46. The molecule has 0 aromatic heterocycles. The summed E-state index contributed by atoms with van der Waals surface area (Å²) in [6.07, 6.45) is 1.37. The van der Waals surface area contributed by atoms with Crippen LogP contribution in [0.5, 0.6) is 11.5 Å². The number of hydrogen-bond donors (Lipinski definition) is 3. The molecule has 0 bridgehead atoms. The molecular weight excluding hydrogens is 448 g/mol. The molecule has 0 unspecified atom stereocenters. The van der Waals surface area contributed by atoms with Gasteiger partial charge in [0, 0.05) is 11.4 Å². The number of anilines is 2. The van der Waals surface area contributed by atoms with Crippen LogP contribution in [-0.4, -0.2) is 37.1 Å². The van der Waals surface area contributed by atoms with Crippen LogP contribution in [0.25, 0.3) is 0 Å². The first-order valence-electron chi connectivity index (χ1n) is 10.9. The summed E-state index contributed by atoms with van der Waals surface area (Å²) >= 11 is 0. The van der Waals surface area contributed by atoms with Crippen molar-refractivity contribution in [3.63, 3.8) is 0 Å². The minimum atomic E-state index is -0.902. The Kier molecular flexibility index (Phi) is 8.95. The van der Waals surface area contributed by atoms with Crippen molar-refractivity contribution in [2.24, 2.45) is 5.10 Å². The molecule has 180 valence electrons. The highest BCUT2D eigenvalue weighted by Crippen LogP contribution is 2.16. The Bertz CT molecular complexity index is 1210. The van der Waals surface area contributed by atoms with E-state index in [2.05, 4.69) is 21.2 Å². The van der Waals surface area contributed by atoms with Crippen LogP contribution in [0.4, 0.5) is 11.4 Å². The van der Waals surface area contributed by atoms with Crippen LogP contribution >= 0.6 is 0 Å². The van der Waals surface area contributed by atoms with E-state index in [1.807, 2.05) is 19.9 Å². The number of carbonyl (C=O) groups is 3. The number of nitrogens with one attached hydrogen (secondary N) is 3. The molecule has 3 aromatic rings. The van der Waals surface area contributed by atoms with E-state index in [4.69, 9.17) is 9.47 Å². The highest BCUT2D eigenvalue weighted by Gasteiger charge is 2.12.